The Morgan fingerprint density at radius 2 is 1.62 bits per heavy atom. The summed E-state index contributed by atoms with van der Waals surface area (Å²) in [6.07, 6.45) is 0.319. The summed E-state index contributed by atoms with van der Waals surface area (Å²) in [6.45, 7) is 2.64. The first-order valence-corrected chi connectivity index (χ1v) is 13.6. The van der Waals surface area contributed by atoms with Crippen LogP contribution in [0.15, 0.2) is 76.2 Å². The van der Waals surface area contributed by atoms with Crippen molar-refractivity contribution in [3.8, 4) is 5.75 Å². The molecule has 1 aliphatic heterocycles. The quantitative estimate of drug-likeness (QED) is 0.388. The molecule has 0 saturated carbocycles. The van der Waals surface area contributed by atoms with Crippen LogP contribution >= 0.6 is 0 Å². The van der Waals surface area contributed by atoms with E-state index in [0.717, 1.165) is 4.31 Å². The van der Waals surface area contributed by atoms with E-state index < -0.39 is 28.0 Å². The van der Waals surface area contributed by atoms with Gasteiger partial charge in [-0.05, 0) is 61.5 Å². The lowest BCUT2D eigenvalue weighted by atomic mass is 10.2. The molecule has 4 rings (SSSR count). The van der Waals surface area contributed by atoms with Crippen LogP contribution in [0.1, 0.15) is 27.8 Å². The van der Waals surface area contributed by atoms with Gasteiger partial charge < -0.3 is 23.7 Å². The maximum atomic E-state index is 13.2. The van der Waals surface area contributed by atoms with E-state index in [1.165, 1.54) is 56.5 Å². The van der Waals surface area contributed by atoms with Crippen molar-refractivity contribution in [2.75, 3.05) is 44.6 Å². The second-order valence-corrected chi connectivity index (χ2v) is 10.8. The molecule has 2 heterocycles. The lowest BCUT2D eigenvalue weighted by Gasteiger charge is -2.35. The first-order valence-electron chi connectivity index (χ1n) is 12.2. The molecular weight excluding hydrogens is 526 g/mol. The van der Waals surface area contributed by atoms with Crippen LogP contribution in [0.5, 0.6) is 5.75 Å². The molecule has 206 valence electrons. The van der Waals surface area contributed by atoms with Crippen molar-refractivity contribution in [3.63, 3.8) is 0 Å². The Morgan fingerprint density at radius 3 is 2.23 bits per heavy atom. The smallest absolute Gasteiger partial charge is 0.338 e. The van der Waals surface area contributed by atoms with Crippen LogP contribution in [0.25, 0.3) is 0 Å². The number of esters is 1. The number of benzene rings is 2. The van der Waals surface area contributed by atoms with Gasteiger partial charge in [-0.3, -0.25) is 13.9 Å². The third-order valence-electron chi connectivity index (χ3n) is 6.41. The zero-order valence-corrected chi connectivity index (χ0v) is 22.6. The molecule has 12 heteroatoms. The average Bonchev–Trinajstić information content (AvgIpc) is 3.51. The number of nitrogens with zero attached hydrogens (tertiary/aromatic N) is 3. The minimum atomic E-state index is -3.99. The molecular formula is C27H29N3O8S. The Bertz CT molecular complexity index is 1430. The number of sulfonamides is 1. The van der Waals surface area contributed by atoms with Crippen molar-refractivity contribution >= 4 is 33.5 Å². The van der Waals surface area contributed by atoms with Crippen LogP contribution < -0.4 is 9.04 Å². The van der Waals surface area contributed by atoms with Crippen LogP contribution in [0.3, 0.4) is 0 Å². The summed E-state index contributed by atoms with van der Waals surface area (Å²) < 4.78 is 43.1. The Kier molecular flexibility index (Phi) is 8.24. The Morgan fingerprint density at radius 1 is 0.949 bits per heavy atom. The predicted molar refractivity (Wildman–Crippen MR) is 141 cm³/mol. The van der Waals surface area contributed by atoms with E-state index in [2.05, 4.69) is 0 Å². The summed E-state index contributed by atoms with van der Waals surface area (Å²) >= 11 is 0. The minimum absolute atomic E-state index is 0.00674. The van der Waals surface area contributed by atoms with Gasteiger partial charge in [-0.15, -0.1) is 0 Å². The van der Waals surface area contributed by atoms with Crippen LogP contribution in [-0.4, -0.2) is 82.4 Å². The maximum Gasteiger partial charge on any atom is 0.338 e. The van der Waals surface area contributed by atoms with Gasteiger partial charge in [-0.25, -0.2) is 13.2 Å². The van der Waals surface area contributed by atoms with Crippen molar-refractivity contribution in [2.24, 2.45) is 0 Å². The number of carbonyl (C=O) groups is 3. The van der Waals surface area contributed by atoms with Crippen molar-refractivity contribution in [1.82, 2.24) is 9.80 Å². The second kappa shape index (κ2) is 11.6. The van der Waals surface area contributed by atoms with Crippen molar-refractivity contribution in [2.45, 2.75) is 17.9 Å². The van der Waals surface area contributed by atoms with Crippen LogP contribution in [-0.2, 0) is 19.6 Å². The molecule has 1 aliphatic rings. The van der Waals surface area contributed by atoms with Gasteiger partial charge in [0.15, 0.2) is 11.9 Å². The lowest BCUT2D eigenvalue weighted by molar-refractivity contribution is -0.141. The van der Waals surface area contributed by atoms with Crippen molar-refractivity contribution in [3.05, 3.63) is 78.3 Å². The van der Waals surface area contributed by atoms with E-state index in [1.807, 2.05) is 0 Å². The number of ether oxygens (including phenoxy) is 2. The first kappa shape index (κ1) is 27.7. The molecule has 1 aromatic heterocycles. The third-order valence-corrected chi connectivity index (χ3v) is 8.19. The molecule has 0 N–H and O–H groups in total. The predicted octanol–water partition coefficient (Wildman–Crippen LogP) is 2.64. The number of hydrogen-bond acceptors (Lipinski definition) is 8. The van der Waals surface area contributed by atoms with E-state index in [9.17, 15) is 22.8 Å². The molecule has 0 bridgehead atoms. The first-order chi connectivity index (χ1) is 18.6. The van der Waals surface area contributed by atoms with Gasteiger partial charge in [-0.1, -0.05) is 6.07 Å². The average molecular weight is 556 g/mol. The number of furan rings is 1. The summed E-state index contributed by atoms with van der Waals surface area (Å²) in [5.74, 6) is -0.666. The fourth-order valence-corrected chi connectivity index (χ4v) is 5.34. The maximum absolute atomic E-state index is 13.2. The summed E-state index contributed by atoms with van der Waals surface area (Å²) in [4.78, 5) is 41.2. The lowest BCUT2D eigenvalue weighted by Crippen LogP contribution is -2.53. The van der Waals surface area contributed by atoms with Gasteiger partial charge in [0.1, 0.15) is 5.75 Å². The van der Waals surface area contributed by atoms with E-state index in [-0.39, 0.29) is 35.2 Å². The highest BCUT2D eigenvalue weighted by molar-refractivity contribution is 7.92. The van der Waals surface area contributed by atoms with Gasteiger partial charge in [0.05, 0.1) is 29.5 Å². The number of methoxy groups -OCH3 is 1. The van der Waals surface area contributed by atoms with E-state index >= 15 is 0 Å². The number of piperazine rings is 1. The zero-order chi connectivity index (χ0) is 28.2. The molecule has 2 amide bonds. The minimum Gasteiger partial charge on any atom is -0.497 e. The number of hydrogen-bond donors (Lipinski definition) is 0. The number of rotatable bonds is 8. The fraction of sp³-hybridized carbons (Fsp3) is 0.296. The Hall–Kier alpha value is -4.32. The molecule has 1 unspecified atom stereocenters. The molecule has 1 atom stereocenters. The molecule has 0 spiro atoms. The van der Waals surface area contributed by atoms with Gasteiger partial charge >= 0.3 is 5.97 Å². The summed E-state index contributed by atoms with van der Waals surface area (Å²) in [6, 6.07) is 15.2. The van der Waals surface area contributed by atoms with Crippen LogP contribution in [0, 0.1) is 0 Å². The molecule has 11 nitrogen and oxygen atoms in total. The SMILES string of the molecule is COc1ccc(N(C)S(=O)(=O)c2cccc(C(=O)OC(C)C(=O)N3CCN(C(=O)c4ccco4)CC3)c2)cc1. The van der Waals surface area contributed by atoms with Crippen molar-refractivity contribution in [1.29, 1.82) is 0 Å². The molecule has 1 saturated heterocycles. The highest BCUT2D eigenvalue weighted by atomic mass is 32.2. The second-order valence-electron chi connectivity index (χ2n) is 8.84. The van der Waals surface area contributed by atoms with Gasteiger partial charge in [0.25, 0.3) is 21.8 Å². The largest absolute Gasteiger partial charge is 0.497 e. The zero-order valence-electron chi connectivity index (χ0n) is 21.8. The standard InChI is InChI=1S/C27H29N3O8S/c1-19(25(31)29-13-15-30(16-14-29)26(32)24-8-5-17-37-24)38-27(33)20-6-4-7-23(18-20)39(34,35)28(2)21-9-11-22(36-3)12-10-21/h4-12,17-19H,13-16H2,1-3H3. The third kappa shape index (κ3) is 6.06. The van der Waals surface area contributed by atoms with E-state index in [0.29, 0.717) is 24.5 Å². The topological polar surface area (TPSA) is 127 Å². The van der Waals surface area contributed by atoms with Gasteiger partial charge in [0.2, 0.25) is 0 Å². The highest BCUT2D eigenvalue weighted by Gasteiger charge is 2.30. The monoisotopic (exact) mass is 555 g/mol. The Balaban J connectivity index is 1.37. The van der Waals surface area contributed by atoms with Gasteiger partial charge in [0, 0.05) is 33.2 Å². The number of amides is 2. The highest BCUT2D eigenvalue weighted by Crippen LogP contribution is 2.25. The molecule has 3 aromatic rings. The van der Waals surface area contributed by atoms with Gasteiger partial charge in [-0.2, -0.15) is 0 Å². The molecule has 0 aliphatic carbocycles. The van der Waals surface area contributed by atoms with E-state index in [1.54, 1.807) is 41.3 Å². The molecule has 1 fully saturated rings. The normalized spacial score (nSPS) is 14.4. The van der Waals surface area contributed by atoms with Crippen LogP contribution in [0.2, 0.25) is 0 Å². The number of anilines is 1. The Labute approximate surface area is 226 Å². The molecule has 0 radical (unpaired) electrons. The molecule has 2 aromatic carbocycles. The van der Waals surface area contributed by atoms with Crippen LogP contribution in [0.4, 0.5) is 5.69 Å². The van der Waals surface area contributed by atoms with Crippen molar-refractivity contribution < 1.29 is 36.7 Å². The summed E-state index contributed by atoms with van der Waals surface area (Å²) in [5.41, 5.74) is 0.404. The number of carbonyl (C=O) groups excluding carboxylic acids is 3. The van der Waals surface area contributed by atoms with E-state index in [4.69, 9.17) is 13.9 Å². The molecule has 39 heavy (non-hydrogen) atoms. The fourth-order valence-electron chi connectivity index (χ4n) is 4.09. The summed E-state index contributed by atoms with van der Waals surface area (Å²) in [7, 11) is -1.07. The summed E-state index contributed by atoms with van der Waals surface area (Å²) in [5, 5.41) is 0.